The first-order valence-electron chi connectivity index (χ1n) is 3.70. The molecule has 3 nitrogen and oxygen atoms in total. The van der Waals surface area contributed by atoms with Crippen LogP contribution in [0.25, 0.3) is 0 Å². The molecule has 2 rings (SSSR count). The van der Waals surface area contributed by atoms with Crippen molar-refractivity contribution >= 4 is 5.97 Å². The number of rotatable bonds is 0. The Hall–Kier alpha value is -0.830. The minimum Gasteiger partial charge on any atom is -0.458 e. The quantitative estimate of drug-likeness (QED) is 0.401. The second-order valence-electron chi connectivity index (χ2n) is 3.40. The number of aliphatic hydroxyl groups excluding tert-OH is 1. The van der Waals surface area contributed by atoms with Crippen molar-refractivity contribution in [1.29, 1.82) is 0 Å². The summed E-state index contributed by atoms with van der Waals surface area (Å²) < 4.78 is 4.97. The second-order valence-corrected chi connectivity index (χ2v) is 3.40. The van der Waals surface area contributed by atoms with Gasteiger partial charge in [-0.05, 0) is 13.0 Å². The van der Waals surface area contributed by atoms with Gasteiger partial charge in [0.05, 0.1) is 11.5 Å². The maximum absolute atomic E-state index is 11.2. The Bertz CT molecular complexity index is 233. The van der Waals surface area contributed by atoms with E-state index in [1.54, 1.807) is 19.1 Å². The largest absolute Gasteiger partial charge is 0.458 e. The summed E-state index contributed by atoms with van der Waals surface area (Å²) in [6.45, 7) is 1.74. The van der Waals surface area contributed by atoms with Crippen LogP contribution in [0.5, 0.6) is 0 Å². The average molecular weight is 154 g/mol. The van der Waals surface area contributed by atoms with Gasteiger partial charge in [-0.3, -0.25) is 4.79 Å². The van der Waals surface area contributed by atoms with E-state index in [0.717, 1.165) is 0 Å². The molecule has 2 bridgehead atoms. The molecule has 0 saturated carbocycles. The number of aliphatic hydroxyl groups is 1. The van der Waals surface area contributed by atoms with Crippen molar-refractivity contribution < 1.29 is 14.6 Å². The Morgan fingerprint density at radius 3 is 3.09 bits per heavy atom. The molecule has 0 spiro atoms. The van der Waals surface area contributed by atoms with E-state index >= 15 is 0 Å². The van der Waals surface area contributed by atoms with Crippen LogP contribution in [-0.2, 0) is 9.53 Å². The molecule has 3 atom stereocenters. The first kappa shape index (κ1) is 6.85. The van der Waals surface area contributed by atoms with Gasteiger partial charge in [0.1, 0.15) is 6.10 Å². The number of hydrogen-bond acceptors (Lipinski definition) is 3. The molecule has 3 heteroatoms. The summed E-state index contributed by atoms with van der Waals surface area (Å²) in [4.78, 5) is 11.2. The fraction of sp³-hybridized carbons (Fsp3) is 0.625. The summed E-state index contributed by atoms with van der Waals surface area (Å²) in [6, 6.07) is 0. The first-order chi connectivity index (χ1) is 5.13. The summed E-state index contributed by atoms with van der Waals surface area (Å²) in [5.41, 5.74) is -0.681. The maximum Gasteiger partial charge on any atom is 0.315 e. The van der Waals surface area contributed by atoms with E-state index < -0.39 is 11.5 Å². The van der Waals surface area contributed by atoms with E-state index in [9.17, 15) is 9.90 Å². The van der Waals surface area contributed by atoms with Gasteiger partial charge in [-0.2, -0.15) is 0 Å². The zero-order chi connectivity index (χ0) is 8.06. The lowest BCUT2D eigenvalue weighted by Gasteiger charge is -2.24. The Morgan fingerprint density at radius 1 is 1.73 bits per heavy atom. The van der Waals surface area contributed by atoms with Crippen molar-refractivity contribution in [2.75, 3.05) is 0 Å². The molecule has 0 amide bonds. The van der Waals surface area contributed by atoms with Gasteiger partial charge in [0.25, 0.3) is 0 Å². The molecular weight excluding hydrogens is 144 g/mol. The molecule has 1 fully saturated rings. The van der Waals surface area contributed by atoms with Gasteiger partial charge in [0, 0.05) is 6.42 Å². The Kier molecular flexibility index (Phi) is 1.16. The van der Waals surface area contributed by atoms with E-state index in [1.165, 1.54) is 0 Å². The van der Waals surface area contributed by atoms with Gasteiger partial charge in [-0.1, -0.05) is 6.08 Å². The summed E-state index contributed by atoms with van der Waals surface area (Å²) in [6.07, 6.45) is 3.23. The number of esters is 1. The molecule has 0 aromatic heterocycles. The molecule has 60 valence electrons. The minimum atomic E-state index is -0.681. The lowest BCUT2D eigenvalue weighted by Crippen LogP contribution is -2.36. The summed E-state index contributed by atoms with van der Waals surface area (Å²) >= 11 is 0. The van der Waals surface area contributed by atoms with Crippen molar-refractivity contribution in [3.8, 4) is 0 Å². The number of hydrogen-bond donors (Lipinski definition) is 1. The van der Waals surface area contributed by atoms with Crippen LogP contribution in [0.1, 0.15) is 13.3 Å². The minimum absolute atomic E-state index is 0.101. The summed E-state index contributed by atoms with van der Waals surface area (Å²) in [5, 5.41) is 9.44. The van der Waals surface area contributed by atoms with Crippen molar-refractivity contribution in [2.45, 2.75) is 25.6 Å². The molecule has 1 saturated heterocycles. The number of ether oxygens (including phenoxy) is 1. The number of carbonyl (C=O) groups is 1. The highest BCUT2D eigenvalue weighted by Gasteiger charge is 2.51. The van der Waals surface area contributed by atoms with Crippen LogP contribution in [0.15, 0.2) is 12.2 Å². The van der Waals surface area contributed by atoms with Gasteiger partial charge < -0.3 is 9.84 Å². The zero-order valence-corrected chi connectivity index (χ0v) is 6.28. The van der Waals surface area contributed by atoms with E-state index in [1.807, 2.05) is 0 Å². The van der Waals surface area contributed by atoms with E-state index in [-0.39, 0.29) is 12.1 Å². The standard InChI is InChI=1S/C8H10O3/c1-8-4-5(11-7(8)10)2-3-6(8)9/h2-3,5-6,9H,4H2,1H3/t5-,6-,8-/m0/s1. The zero-order valence-electron chi connectivity index (χ0n) is 6.28. The van der Waals surface area contributed by atoms with Crippen LogP contribution in [0.4, 0.5) is 0 Å². The average Bonchev–Trinajstić information content (AvgIpc) is 2.19. The number of fused-ring (bicyclic) bond motifs is 2. The van der Waals surface area contributed by atoms with E-state index in [0.29, 0.717) is 6.42 Å². The molecule has 1 heterocycles. The monoisotopic (exact) mass is 154 g/mol. The van der Waals surface area contributed by atoms with Crippen LogP contribution in [-0.4, -0.2) is 23.3 Å². The van der Waals surface area contributed by atoms with Crippen LogP contribution in [0, 0.1) is 5.41 Å². The Morgan fingerprint density at radius 2 is 2.45 bits per heavy atom. The second kappa shape index (κ2) is 1.85. The molecule has 11 heavy (non-hydrogen) atoms. The van der Waals surface area contributed by atoms with Crippen LogP contribution < -0.4 is 0 Å². The van der Waals surface area contributed by atoms with E-state index in [2.05, 4.69) is 0 Å². The van der Waals surface area contributed by atoms with Gasteiger partial charge in [-0.25, -0.2) is 0 Å². The third kappa shape index (κ3) is 0.744. The maximum atomic E-state index is 11.2. The van der Waals surface area contributed by atoms with Crippen molar-refractivity contribution in [3.05, 3.63) is 12.2 Å². The highest BCUT2D eigenvalue weighted by atomic mass is 16.6. The molecular formula is C8H10O3. The molecule has 1 aliphatic heterocycles. The SMILES string of the molecule is C[C@]12C[C@H](C=C[C@@H]1O)OC2=O. The van der Waals surface area contributed by atoms with E-state index in [4.69, 9.17) is 4.74 Å². The number of carbonyl (C=O) groups excluding carboxylic acids is 1. The summed E-state index contributed by atoms with van der Waals surface area (Å²) in [7, 11) is 0. The normalized spacial score (nSPS) is 47.6. The predicted molar refractivity (Wildman–Crippen MR) is 37.8 cm³/mol. The van der Waals surface area contributed by atoms with Crippen LogP contribution in [0.3, 0.4) is 0 Å². The van der Waals surface area contributed by atoms with Crippen molar-refractivity contribution in [2.24, 2.45) is 5.41 Å². The highest BCUT2D eigenvalue weighted by Crippen LogP contribution is 2.40. The Labute approximate surface area is 64.7 Å². The molecule has 1 aliphatic carbocycles. The van der Waals surface area contributed by atoms with Crippen molar-refractivity contribution in [1.82, 2.24) is 0 Å². The fourth-order valence-corrected chi connectivity index (χ4v) is 1.61. The predicted octanol–water partition coefficient (Wildman–Crippen LogP) is 0.239. The molecule has 1 N–H and O–H groups in total. The Balaban J connectivity index is 2.40. The smallest absolute Gasteiger partial charge is 0.315 e. The molecule has 0 unspecified atom stereocenters. The first-order valence-corrected chi connectivity index (χ1v) is 3.70. The van der Waals surface area contributed by atoms with Crippen LogP contribution in [0.2, 0.25) is 0 Å². The lowest BCUT2D eigenvalue weighted by atomic mass is 9.78. The highest BCUT2D eigenvalue weighted by molar-refractivity contribution is 5.80. The third-order valence-electron chi connectivity index (χ3n) is 2.51. The molecule has 0 aromatic carbocycles. The fourth-order valence-electron chi connectivity index (χ4n) is 1.61. The van der Waals surface area contributed by atoms with Gasteiger partial charge in [0.15, 0.2) is 0 Å². The van der Waals surface area contributed by atoms with Crippen molar-refractivity contribution in [3.63, 3.8) is 0 Å². The topological polar surface area (TPSA) is 46.5 Å². The third-order valence-corrected chi connectivity index (χ3v) is 2.51. The van der Waals surface area contributed by atoms with Gasteiger partial charge in [-0.15, -0.1) is 0 Å². The molecule has 2 aliphatic rings. The summed E-state index contributed by atoms with van der Waals surface area (Å²) in [5.74, 6) is -0.278. The lowest BCUT2D eigenvalue weighted by molar-refractivity contribution is -0.149. The van der Waals surface area contributed by atoms with Crippen LogP contribution >= 0.6 is 0 Å². The van der Waals surface area contributed by atoms with Gasteiger partial charge in [0.2, 0.25) is 0 Å². The molecule has 0 aromatic rings. The van der Waals surface area contributed by atoms with Gasteiger partial charge >= 0.3 is 5.97 Å². The molecule has 0 radical (unpaired) electrons.